The van der Waals surface area contributed by atoms with Crippen molar-refractivity contribution in [1.82, 2.24) is 10.7 Å². The highest BCUT2D eigenvalue weighted by atomic mass is 16.5. The summed E-state index contributed by atoms with van der Waals surface area (Å²) in [4.78, 5) is 16.1. The van der Waals surface area contributed by atoms with Crippen LogP contribution in [0.1, 0.15) is 71.6 Å². The van der Waals surface area contributed by atoms with Gasteiger partial charge in [0, 0.05) is 23.7 Å². The molecule has 6 aliphatic rings. The zero-order chi connectivity index (χ0) is 22.8. The Hall–Kier alpha value is -1.89. The topological polar surface area (TPSA) is 95.3 Å². The zero-order valence-corrected chi connectivity index (χ0v) is 20.0. The molecule has 0 spiro atoms. The molecule has 6 rings (SSSR count). The highest BCUT2D eigenvalue weighted by molar-refractivity contribution is 5.88. The van der Waals surface area contributed by atoms with Crippen molar-refractivity contribution in [3.63, 3.8) is 0 Å². The summed E-state index contributed by atoms with van der Waals surface area (Å²) in [5.41, 5.74) is 5.00. The van der Waals surface area contributed by atoms with Crippen molar-refractivity contribution in [2.45, 2.75) is 77.2 Å². The largest absolute Gasteiger partial charge is 0.458 e. The van der Waals surface area contributed by atoms with E-state index in [1.54, 1.807) is 6.08 Å². The van der Waals surface area contributed by atoms with Gasteiger partial charge in [-0.2, -0.15) is 5.10 Å². The van der Waals surface area contributed by atoms with E-state index in [0.29, 0.717) is 24.4 Å². The first-order valence-corrected chi connectivity index (χ1v) is 13.0. The number of hydrogen-bond acceptors (Lipinski definition) is 7. The average Bonchev–Trinajstić information content (AvgIpc) is 3.52. The van der Waals surface area contributed by atoms with Crippen molar-refractivity contribution in [3.05, 3.63) is 11.6 Å². The lowest BCUT2D eigenvalue weighted by molar-refractivity contribution is -0.200. The fourth-order valence-corrected chi connectivity index (χ4v) is 8.92. The predicted octanol–water partition coefficient (Wildman–Crippen LogP) is 3.15. The van der Waals surface area contributed by atoms with Crippen LogP contribution in [0.3, 0.4) is 0 Å². The molecular formula is C26H38N4O3. The van der Waals surface area contributed by atoms with E-state index in [9.17, 15) is 9.90 Å². The zero-order valence-electron chi connectivity index (χ0n) is 20.0. The van der Waals surface area contributed by atoms with Gasteiger partial charge in [-0.1, -0.05) is 13.8 Å². The normalized spacial score (nSPS) is 47.7. The molecule has 7 nitrogen and oxygen atoms in total. The highest BCUT2D eigenvalue weighted by Gasteiger charge is 2.67. The number of aliphatic hydroxyl groups is 1. The Bertz CT molecular complexity index is 944. The van der Waals surface area contributed by atoms with Crippen LogP contribution in [0.5, 0.6) is 0 Å². The summed E-state index contributed by atoms with van der Waals surface area (Å²) >= 11 is 0. The van der Waals surface area contributed by atoms with Crippen molar-refractivity contribution >= 4 is 17.6 Å². The van der Waals surface area contributed by atoms with Crippen LogP contribution in [0.4, 0.5) is 0 Å². The summed E-state index contributed by atoms with van der Waals surface area (Å²) in [6.45, 7) is 6.93. The van der Waals surface area contributed by atoms with Crippen molar-refractivity contribution in [1.29, 1.82) is 0 Å². The molecule has 7 heteroatoms. The van der Waals surface area contributed by atoms with Gasteiger partial charge in [0.1, 0.15) is 6.61 Å². The summed E-state index contributed by atoms with van der Waals surface area (Å²) in [5.74, 6) is 2.42. The van der Waals surface area contributed by atoms with Crippen molar-refractivity contribution in [3.8, 4) is 0 Å². The van der Waals surface area contributed by atoms with Gasteiger partial charge in [0.15, 0.2) is 0 Å². The number of carbonyl (C=O) groups is 1. The van der Waals surface area contributed by atoms with Gasteiger partial charge in [0.25, 0.3) is 0 Å². The fourth-order valence-electron chi connectivity index (χ4n) is 8.92. The van der Waals surface area contributed by atoms with Crippen LogP contribution in [0.15, 0.2) is 21.7 Å². The van der Waals surface area contributed by atoms with E-state index in [2.05, 4.69) is 29.6 Å². The number of nitrogens with one attached hydrogen (secondary N) is 2. The first kappa shape index (κ1) is 21.6. The molecule has 0 radical (unpaired) electrons. The first-order valence-electron chi connectivity index (χ1n) is 13.0. The summed E-state index contributed by atoms with van der Waals surface area (Å²) in [6, 6.07) is 0. The molecule has 2 aliphatic heterocycles. The van der Waals surface area contributed by atoms with Crippen LogP contribution in [0, 0.1) is 34.5 Å². The van der Waals surface area contributed by atoms with E-state index in [0.717, 1.165) is 69.6 Å². The Morgan fingerprint density at radius 2 is 2.06 bits per heavy atom. The van der Waals surface area contributed by atoms with E-state index < -0.39 is 5.60 Å². The maximum atomic E-state index is 12.3. The van der Waals surface area contributed by atoms with Crippen LogP contribution in [0.2, 0.25) is 0 Å². The number of carbonyl (C=O) groups excluding carboxylic acids is 1. The average molecular weight is 455 g/mol. The quantitative estimate of drug-likeness (QED) is 0.440. The predicted molar refractivity (Wildman–Crippen MR) is 127 cm³/mol. The number of fused-ring (bicyclic) bond motifs is 5. The molecule has 0 unspecified atom stereocenters. The van der Waals surface area contributed by atoms with Crippen molar-refractivity contribution in [2.75, 3.05) is 19.7 Å². The molecule has 2 heterocycles. The number of hydrogen-bond donors (Lipinski definition) is 3. The monoisotopic (exact) mass is 454 g/mol. The third-order valence-corrected chi connectivity index (χ3v) is 10.8. The second kappa shape index (κ2) is 7.56. The summed E-state index contributed by atoms with van der Waals surface area (Å²) in [5, 5.41) is 20.3. The minimum Gasteiger partial charge on any atom is -0.458 e. The molecule has 4 saturated carbocycles. The number of aliphatic imine (C=N–C) groups is 1. The molecule has 33 heavy (non-hydrogen) atoms. The number of esters is 1. The maximum Gasteiger partial charge on any atom is 0.331 e. The van der Waals surface area contributed by atoms with Gasteiger partial charge < -0.3 is 15.2 Å². The molecule has 180 valence electrons. The van der Waals surface area contributed by atoms with Gasteiger partial charge in [0.2, 0.25) is 5.96 Å². The number of guanidine groups is 1. The lowest BCUT2D eigenvalue weighted by Crippen LogP contribution is -2.62. The Kier molecular flexibility index (Phi) is 4.95. The van der Waals surface area contributed by atoms with E-state index >= 15 is 0 Å². The maximum absolute atomic E-state index is 12.3. The lowest BCUT2D eigenvalue weighted by Gasteiger charge is -2.63. The minimum atomic E-state index is -0.636. The fraction of sp³-hybridized carbons (Fsp3) is 0.808. The molecule has 0 amide bonds. The smallest absolute Gasteiger partial charge is 0.331 e. The molecule has 3 N–H and O–H groups in total. The van der Waals surface area contributed by atoms with E-state index in [4.69, 9.17) is 9.84 Å². The first-order chi connectivity index (χ1) is 15.8. The number of cyclic esters (lactones) is 1. The van der Waals surface area contributed by atoms with Crippen LogP contribution in [-0.4, -0.2) is 48.0 Å². The molecule has 7 atom stereocenters. The van der Waals surface area contributed by atoms with Crippen LogP contribution in [-0.2, 0) is 9.53 Å². The highest BCUT2D eigenvalue weighted by Crippen LogP contribution is 2.69. The third-order valence-electron chi connectivity index (χ3n) is 10.8. The van der Waals surface area contributed by atoms with Gasteiger partial charge >= 0.3 is 5.97 Å². The molecule has 4 fully saturated rings. The van der Waals surface area contributed by atoms with Crippen molar-refractivity contribution in [2.24, 2.45) is 44.6 Å². The van der Waals surface area contributed by atoms with Crippen LogP contribution < -0.4 is 10.7 Å². The molecular weight excluding hydrogens is 416 g/mol. The third kappa shape index (κ3) is 3.14. The molecule has 0 aromatic heterocycles. The molecule has 4 aliphatic carbocycles. The van der Waals surface area contributed by atoms with Crippen molar-refractivity contribution < 1.29 is 14.6 Å². The van der Waals surface area contributed by atoms with Gasteiger partial charge in [-0.25, -0.2) is 15.2 Å². The minimum absolute atomic E-state index is 0.155. The number of rotatable bonds is 2. The van der Waals surface area contributed by atoms with Crippen LogP contribution in [0.25, 0.3) is 0 Å². The Morgan fingerprint density at radius 1 is 1.18 bits per heavy atom. The lowest BCUT2D eigenvalue weighted by atomic mass is 9.43. The summed E-state index contributed by atoms with van der Waals surface area (Å²) in [7, 11) is 0. The molecule has 0 aromatic rings. The van der Waals surface area contributed by atoms with Gasteiger partial charge in [-0.05, 0) is 92.4 Å². The second-order valence-corrected chi connectivity index (χ2v) is 11.9. The number of nitrogens with zero attached hydrogens (tertiary/aromatic N) is 2. The molecule has 0 aromatic carbocycles. The van der Waals surface area contributed by atoms with Gasteiger partial charge in [0.05, 0.1) is 12.1 Å². The molecule has 0 saturated heterocycles. The van der Waals surface area contributed by atoms with E-state index in [1.807, 2.05) is 0 Å². The van der Waals surface area contributed by atoms with Gasteiger partial charge in [-0.15, -0.1) is 0 Å². The van der Waals surface area contributed by atoms with Crippen LogP contribution >= 0.6 is 0 Å². The Labute approximate surface area is 196 Å². The standard InChI is InChI=1S/C26H38N4O3/c1-24-8-5-18(29-30-23-27-11-12-28-23)14-17(24)3-4-21-20(24)6-9-25(2)19(7-10-26(21,25)32)16-13-22(31)33-15-16/h13,17,19-21,32H,3-12,14-15H2,1-2H3,(H2,27,28,30)/b29-18-/t17-,19-,20+,21-,24+,25-,26+/m1/s1. The SMILES string of the molecule is C[C@]12CC/C(=N/NC3=NCCN3)C[C@H]1CC[C@@H]1[C@@H]2CC[C@]2(C)[C@@H](C3=CC(=O)OC3)CC[C@]12O. The number of ether oxygens (including phenoxy) is 1. The Morgan fingerprint density at radius 3 is 2.82 bits per heavy atom. The van der Waals surface area contributed by atoms with Gasteiger partial charge in [-0.3, -0.25) is 0 Å². The molecule has 0 bridgehead atoms. The summed E-state index contributed by atoms with van der Waals surface area (Å²) < 4.78 is 5.25. The number of hydrazone groups is 1. The second-order valence-electron chi connectivity index (χ2n) is 11.9. The Balaban J connectivity index is 1.21. The van der Waals surface area contributed by atoms with E-state index in [1.165, 1.54) is 18.6 Å². The van der Waals surface area contributed by atoms with E-state index in [-0.39, 0.29) is 22.7 Å². The summed E-state index contributed by atoms with van der Waals surface area (Å²) in [6.07, 6.45) is 11.3.